The van der Waals surface area contributed by atoms with E-state index >= 15 is 0 Å². The number of hydrogen-bond acceptors (Lipinski definition) is 4. The minimum absolute atomic E-state index is 0.0837. The molecule has 0 aliphatic carbocycles. The fourth-order valence-corrected chi connectivity index (χ4v) is 4.27. The van der Waals surface area contributed by atoms with Crippen molar-refractivity contribution < 1.29 is 13.2 Å². The van der Waals surface area contributed by atoms with E-state index in [1.165, 1.54) is 6.07 Å². The number of rotatable bonds is 1. The third kappa shape index (κ3) is 2.03. The molecule has 7 heteroatoms. The van der Waals surface area contributed by atoms with Gasteiger partial charge in [0.2, 0.25) is 0 Å². The second-order valence-electron chi connectivity index (χ2n) is 5.09. The lowest BCUT2D eigenvalue weighted by Gasteiger charge is -2.08. The standard InChI is InChI=1S/C16H9ClN2O3S/c17-11-7-5-10(6-8-11)9-13-16(20)19-15(18-13)12-3-1-2-4-14(12)23(19,21)22/h1-9H/b13-9+. The molecule has 0 saturated heterocycles. The van der Waals surface area contributed by atoms with E-state index in [1.54, 1.807) is 48.5 Å². The van der Waals surface area contributed by atoms with Gasteiger partial charge >= 0.3 is 0 Å². The maximum Gasteiger partial charge on any atom is 0.292 e. The molecule has 0 radical (unpaired) electrons. The average Bonchev–Trinajstić information content (AvgIpc) is 2.97. The number of nitrogens with zero attached hydrogens (tertiary/aromatic N) is 2. The molecular formula is C16H9ClN2O3S. The van der Waals surface area contributed by atoms with Crippen molar-refractivity contribution in [1.29, 1.82) is 0 Å². The first kappa shape index (κ1) is 14.2. The molecule has 23 heavy (non-hydrogen) atoms. The molecule has 0 aromatic heterocycles. The summed E-state index contributed by atoms with van der Waals surface area (Å²) >= 11 is 5.83. The molecule has 2 aromatic rings. The molecule has 0 saturated carbocycles. The van der Waals surface area contributed by atoms with Crippen LogP contribution in [0.4, 0.5) is 0 Å². The summed E-state index contributed by atoms with van der Waals surface area (Å²) in [5.74, 6) is -0.489. The highest BCUT2D eigenvalue weighted by atomic mass is 35.5. The second kappa shape index (κ2) is 4.78. The number of amides is 1. The molecule has 1 amide bonds. The highest BCUT2D eigenvalue weighted by Crippen LogP contribution is 2.36. The molecule has 2 aliphatic rings. The van der Waals surface area contributed by atoms with E-state index in [0.717, 1.165) is 4.31 Å². The number of sulfonamides is 1. The quantitative estimate of drug-likeness (QED) is 0.747. The van der Waals surface area contributed by atoms with Crippen molar-refractivity contribution in [3.8, 4) is 0 Å². The summed E-state index contributed by atoms with van der Waals surface area (Å²) in [4.78, 5) is 16.8. The zero-order chi connectivity index (χ0) is 16.2. The lowest BCUT2D eigenvalue weighted by atomic mass is 10.2. The van der Waals surface area contributed by atoms with Crippen LogP contribution in [0.1, 0.15) is 11.1 Å². The lowest BCUT2D eigenvalue weighted by molar-refractivity contribution is -0.119. The van der Waals surface area contributed by atoms with E-state index in [1.807, 2.05) is 0 Å². The molecule has 0 unspecified atom stereocenters. The molecule has 0 N–H and O–H groups in total. The summed E-state index contributed by atoms with van der Waals surface area (Å²) in [6, 6.07) is 13.3. The first-order valence-electron chi connectivity index (χ1n) is 6.73. The number of amidine groups is 1. The summed E-state index contributed by atoms with van der Waals surface area (Å²) in [7, 11) is -3.87. The number of carbonyl (C=O) groups is 1. The van der Waals surface area contributed by atoms with Crippen molar-refractivity contribution in [3.63, 3.8) is 0 Å². The van der Waals surface area contributed by atoms with Gasteiger partial charge in [0.15, 0.2) is 5.84 Å². The molecule has 0 spiro atoms. The molecule has 4 rings (SSSR count). The Morgan fingerprint density at radius 1 is 1.04 bits per heavy atom. The fraction of sp³-hybridized carbons (Fsp3) is 0. The van der Waals surface area contributed by atoms with Crippen LogP contribution in [0.25, 0.3) is 6.08 Å². The van der Waals surface area contributed by atoms with E-state index in [4.69, 9.17) is 11.6 Å². The third-order valence-corrected chi connectivity index (χ3v) is 5.63. The van der Waals surface area contributed by atoms with Crippen molar-refractivity contribution in [2.45, 2.75) is 4.90 Å². The summed E-state index contributed by atoms with van der Waals surface area (Å²) < 4.78 is 25.8. The zero-order valence-electron chi connectivity index (χ0n) is 11.6. The van der Waals surface area contributed by atoms with Gasteiger partial charge in [0.25, 0.3) is 15.9 Å². The van der Waals surface area contributed by atoms with E-state index in [-0.39, 0.29) is 16.4 Å². The van der Waals surface area contributed by atoms with Gasteiger partial charge in [-0.25, -0.2) is 13.4 Å². The molecule has 2 aromatic carbocycles. The molecule has 0 fully saturated rings. The van der Waals surface area contributed by atoms with E-state index in [0.29, 0.717) is 16.1 Å². The fourth-order valence-electron chi connectivity index (χ4n) is 2.59. The van der Waals surface area contributed by atoms with Gasteiger partial charge in [-0.3, -0.25) is 4.79 Å². The Kier molecular flexibility index (Phi) is 2.94. The Morgan fingerprint density at radius 2 is 1.74 bits per heavy atom. The largest absolute Gasteiger partial charge is 0.292 e. The van der Waals surface area contributed by atoms with Crippen LogP contribution < -0.4 is 0 Å². The van der Waals surface area contributed by atoms with Gasteiger partial charge in [0.05, 0.1) is 4.90 Å². The lowest BCUT2D eigenvalue weighted by Crippen LogP contribution is -2.32. The highest BCUT2D eigenvalue weighted by Gasteiger charge is 2.48. The van der Waals surface area contributed by atoms with Crippen LogP contribution in [0.2, 0.25) is 5.02 Å². The monoisotopic (exact) mass is 344 g/mol. The summed E-state index contributed by atoms with van der Waals surface area (Å²) in [5.41, 5.74) is 1.25. The first-order chi connectivity index (χ1) is 11.0. The second-order valence-corrected chi connectivity index (χ2v) is 7.28. The van der Waals surface area contributed by atoms with Crippen LogP contribution in [0.5, 0.6) is 0 Å². The summed E-state index contributed by atoms with van der Waals surface area (Å²) in [6.07, 6.45) is 1.54. The molecule has 0 atom stereocenters. The molecule has 0 bridgehead atoms. The van der Waals surface area contributed by atoms with Crippen molar-refractivity contribution in [3.05, 3.63) is 70.4 Å². The smallest absolute Gasteiger partial charge is 0.266 e. The zero-order valence-corrected chi connectivity index (χ0v) is 13.2. The first-order valence-corrected chi connectivity index (χ1v) is 8.55. The van der Waals surface area contributed by atoms with E-state index < -0.39 is 15.9 Å². The number of fused-ring (bicyclic) bond motifs is 3. The average molecular weight is 345 g/mol. The highest BCUT2D eigenvalue weighted by molar-refractivity contribution is 7.91. The number of carbonyl (C=O) groups excluding carboxylic acids is 1. The Balaban J connectivity index is 1.86. The van der Waals surface area contributed by atoms with Gasteiger partial charge in [-0.05, 0) is 35.9 Å². The van der Waals surface area contributed by atoms with Crippen LogP contribution in [-0.2, 0) is 14.8 Å². The maximum absolute atomic E-state index is 12.5. The summed E-state index contributed by atoms with van der Waals surface area (Å²) in [5, 5.41) is 0.577. The van der Waals surface area contributed by atoms with E-state index in [9.17, 15) is 13.2 Å². The molecule has 114 valence electrons. The Morgan fingerprint density at radius 3 is 2.48 bits per heavy atom. The number of aliphatic imine (C=N–C) groups is 1. The molecule has 2 heterocycles. The number of hydrogen-bond donors (Lipinski definition) is 0. The number of halogens is 1. The van der Waals surface area contributed by atoms with Crippen molar-refractivity contribution in [1.82, 2.24) is 4.31 Å². The normalized spacial score (nSPS) is 19.7. The van der Waals surface area contributed by atoms with Gasteiger partial charge in [-0.1, -0.05) is 35.9 Å². The predicted molar refractivity (Wildman–Crippen MR) is 86.4 cm³/mol. The van der Waals surface area contributed by atoms with Gasteiger partial charge in [-0.2, -0.15) is 4.31 Å². The number of benzene rings is 2. The molecule has 2 aliphatic heterocycles. The minimum Gasteiger partial charge on any atom is -0.266 e. The third-order valence-electron chi connectivity index (χ3n) is 3.64. The molecule has 5 nitrogen and oxygen atoms in total. The Hall–Kier alpha value is -2.44. The van der Waals surface area contributed by atoms with Crippen LogP contribution in [0.3, 0.4) is 0 Å². The maximum atomic E-state index is 12.5. The topological polar surface area (TPSA) is 66.8 Å². The van der Waals surface area contributed by atoms with Crippen LogP contribution in [0, 0.1) is 0 Å². The van der Waals surface area contributed by atoms with Crippen molar-refractivity contribution in [2.75, 3.05) is 0 Å². The van der Waals surface area contributed by atoms with E-state index in [2.05, 4.69) is 4.99 Å². The van der Waals surface area contributed by atoms with Crippen LogP contribution >= 0.6 is 11.6 Å². The Bertz CT molecular complexity index is 1010. The Labute approximate surface area is 137 Å². The van der Waals surface area contributed by atoms with Gasteiger partial charge in [0, 0.05) is 10.6 Å². The van der Waals surface area contributed by atoms with Gasteiger partial charge in [-0.15, -0.1) is 0 Å². The van der Waals surface area contributed by atoms with Crippen molar-refractivity contribution in [2.24, 2.45) is 4.99 Å². The van der Waals surface area contributed by atoms with Gasteiger partial charge < -0.3 is 0 Å². The van der Waals surface area contributed by atoms with Gasteiger partial charge in [0.1, 0.15) is 5.70 Å². The predicted octanol–water partition coefficient (Wildman–Crippen LogP) is 2.67. The SMILES string of the molecule is O=C1/C(=C\c2ccc(Cl)cc2)N=C2c3ccccc3S(=O)(=O)N12. The van der Waals surface area contributed by atoms with Crippen molar-refractivity contribution >= 4 is 39.4 Å². The van der Waals surface area contributed by atoms with Crippen LogP contribution in [-0.4, -0.2) is 24.5 Å². The van der Waals surface area contributed by atoms with Crippen LogP contribution in [0.15, 0.2) is 64.1 Å². The summed E-state index contributed by atoms with van der Waals surface area (Å²) in [6.45, 7) is 0. The minimum atomic E-state index is -3.87. The molecular weight excluding hydrogens is 336 g/mol.